The van der Waals surface area contributed by atoms with Gasteiger partial charge in [0, 0.05) is 6.42 Å². The van der Waals surface area contributed by atoms with Crippen molar-refractivity contribution in [2.45, 2.75) is 26.2 Å². The van der Waals surface area contributed by atoms with Gasteiger partial charge in [0.25, 0.3) is 0 Å². The molecule has 0 spiro atoms. The van der Waals surface area contributed by atoms with Crippen LogP contribution in [0.2, 0.25) is 5.02 Å². The van der Waals surface area contributed by atoms with Crippen molar-refractivity contribution >= 4 is 33.3 Å². The maximum Gasteiger partial charge on any atom is 0.303 e. The molecule has 6 nitrogen and oxygen atoms in total. The number of ether oxygens (including phenoxy) is 1. The summed E-state index contributed by atoms with van der Waals surface area (Å²) < 4.78 is 31.3. The average Bonchev–Trinajstić information content (AvgIpc) is 2.36. The van der Waals surface area contributed by atoms with Crippen molar-refractivity contribution in [2.75, 3.05) is 17.1 Å². The molecule has 0 unspecified atom stereocenters. The van der Waals surface area contributed by atoms with Crippen LogP contribution in [-0.2, 0) is 14.8 Å². The summed E-state index contributed by atoms with van der Waals surface area (Å²) in [6, 6.07) is 4.60. The van der Waals surface area contributed by atoms with Gasteiger partial charge in [-0.25, -0.2) is 8.42 Å². The lowest BCUT2D eigenvalue weighted by Crippen LogP contribution is -2.17. The smallest absolute Gasteiger partial charge is 0.303 e. The SMILES string of the molecule is CCCOc1ccc(NS(=O)(=O)CCCC(=O)O)cc1Cl. The van der Waals surface area contributed by atoms with Crippen molar-refractivity contribution in [3.63, 3.8) is 0 Å². The second kappa shape index (κ2) is 8.09. The van der Waals surface area contributed by atoms with Gasteiger partial charge in [0.05, 0.1) is 23.1 Å². The summed E-state index contributed by atoms with van der Waals surface area (Å²) >= 11 is 6.00. The highest BCUT2D eigenvalue weighted by atomic mass is 35.5. The number of anilines is 1. The third kappa shape index (κ3) is 6.68. The van der Waals surface area contributed by atoms with E-state index in [1.54, 1.807) is 12.1 Å². The summed E-state index contributed by atoms with van der Waals surface area (Å²) in [5, 5.41) is 8.81. The van der Waals surface area contributed by atoms with E-state index in [4.69, 9.17) is 21.4 Å². The predicted octanol–water partition coefficient (Wildman–Crippen LogP) is 2.74. The van der Waals surface area contributed by atoms with Crippen LogP contribution >= 0.6 is 11.6 Å². The summed E-state index contributed by atoms with van der Waals surface area (Å²) in [6.07, 6.45) is 0.704. The van der Waals surface area contributed by atoms with Crippen LogP contribution in [0.4, 0.5) is 5.69 Å². The molecule has 2 N–H and O–H groups in total. The summed E-state index contributed by atoms with van der Waals surface area (Å²) in [7, 11) is -3.59. The molecule has 1 aromatic carbocycles. The molecule has 1 rings (SSSR count). The molecule has 0 heterocycles. The van der Waals surface area contributed by atoms with Crippen molar-refractivity contribution in [3.8, 4) is 5.75 Å². The van der Waals surface area contributed by atoms with Gasteiger partial charge in [0.2, 0.25) is 10.0 Å². The number of sulfonamides is 1. The second-order valence-corrected chi connectivity index (χ2v) is 6.66. The first-order valence-corrected chi connectivity index (χ1v) is 8.51. The van der Waals surface area contributed by atoms with Gasteiger partial charge in [-0.2, -0.15) is 0 Å². The highest BCUT2D eigenvalue weighted by Crippen LogP contribution is 2.28. The van der Waals surface area contributed by atoms with Crippen LogP contribution < -0.4 is 9.46 Å². The molecule has 0 aliphatic rings. The van der Waals surface area contributed by atoms with E-state index in [0.717, 1.165) is 6.42 Å². The van der Waals surface area contributed by atoms with E-state index < -0.39 is 16.0 Å². The molecule has 0 amide bonds. The summed E-state index contributed by atoms with van der Waals surface area (Å²) in [6.45, 7) is 2.49. The zero-order valence-corrected chi connectivity index (χ0v) is 13.2. The molecule has 0 aromatic heterocycles. The van der Waals surface area contributed by atoms with E-state index >= 15 is 0 Å². The molecule has 0 atom stereocenters. The van der Waals surface area contributed by atoms with Gasteiger partial charge in [0.1, 0.15) is 5.75 Å². The molecule has 1 aromatic rings. The summed E-state index contributed by atoms with van der Waals surface area (Å²) in [5.74, 6) is -0.789. The first-order chi connectivity index (χ1) is 9.84. The van der Waals surface area contributed by atoms with Crippen molar-refractivity contribution in [2.24, 2.45) is 0 Å². The highest BCUT2D eigenvalue weighted by Gasteiger charge is 2.12. The molecule has 0 saturated carbocycles. The lowest BCUT2D eigenvalue weighted by Gasteiger charge is -2.10. The number of carbonyl (C=O) groups is 1. The van der Waals surface area contributed by atoms with Crippen LogP contribution in [0.25, 0.3) is 0 Å². The number of aliphatic carboxylic acids is 1. The van der Waals surface area contributed by atoms with Gasteiger partial charge in [0.15, 0.2) is 0 Å². The number of carboxylic acids is 1. The Kier molecular flexibility index (Phi) is 6.77. The largest absolute Gasteiger partial charge is 0.492 e. The molecule has 0 bridgehead atoms. The lowest BCUT2D eigenvalue weighted by molar-refractivity contribution is -0.137. The molecular formula is C13H18ClNO5S. The number of halogens is 1. The topological polar surface area (TPSA) is 92.7 Å². The normalized spacial score (nSPS) is 11.1. The molecule has 0 saturated heterocycles. The van der Waals surface area contributed by atoms with Crippen molar-refractivity contribution in [1.82, 2.24) is 0 Å². The van der Waals surface area contributed by atoms with Crippen LogP contribution in [0.3, 0.4) is 0 Å². The number of carboxylic acid groups (broad SMARTS) is 1. The Labute approximate surface area is 129 Å². The van der Waals surface area contributed by atoms with E-state index in [1.165, 1.54) is 6.07 Å². The molecule has 118 valence electrons. The molecule has 21 heavy (non-hydrogen) atoms. The first-order valence-electron chi connectivity index (χ1n) is 6.48. The predicted molar refractivity (Wildman–Crippen MR) is 81.5 cm³/mol. The van der Waals surface area contributed by atoms with Crippen molar-refractivity contribution in [1.29, 1.82) is 0 Å². The van der Waals surface area contributed by atoms with E-state index in [9.17, 15) is 13.2 Å². The first kappa shape index (κ1) is 17.6. The molecule has 0 aliphatic heterocycles. The van der Waals surface area contributed by atoms with Crippen LogP contribution in [0, 0.1) is 0 Å². The van der Waals surface area contributed by atoms with E-state index in [-0.39, 0.29) is 18.6 Å². The molecule has 0 fully saturated rings. The zero-order valence-electron chi connectivity index (χ0n) is 11.6. The Morgan fingerprint density at radius 3 is 2.71 bits per heavy atom. The number of rotatable bonds is 9. The minimum Gasteiger partial charge on any atom is -0.492 e. The Bertz CT molecular complexity index is 588. The number of nitrogens with one attached hydrogen (secondary N) is 1. The molecule has 0 aliphatic carbocycles. The summed E-state index contributed by atoms with van der Waals surface area (Å²) in [4.78, 5) is 10.4. The van der Waals surface area contributed by atoms with Crippen LogP contribution in [-0.4, -0.2) is 31.9 Å². The van der Waals surface area contributed by atoms with Crippen LogP contribution in [0.1, 0.15) is 26.2 Å². The minimum absolute atomic E-state index is 0.0517. The van der Waals surface area contributed by atoms with Crippen LogP contribution in [0.15, 0.2) is 18.2 Å². The number of hydrogen-bond acceptors (Lipinski definition) is 4. The zero-order chi connectivity index (χ0) is 15.9. The Balaban J connectivity index is 2.65. The third-order valence-corrected chi connectivity index (χ3v) is 4.14. The van der Waals surface area contributed by atoms with E-state index in [0.29, 0.717) is 23.1 Å². The van der Waals surface area contributed by atoms with Gasteiger partial charge in [-0.15, -0.1) is 0 Å². The van der Waals surface area contributed by atoms with Gasteiger partial charge < -0.3 is 9.84 Å². The van der Waals surface area contributed by atoms with Gasteiger partial charge in [-0.1, -0.05) is 18.5 Å². The lowest BCUT2D eigenvalue weighted by atomic mass is 10.3. The fourth-order valence-corrected chi connectivity index (χ4v) is 2.89. The third-order valence-electron chi connectivity index (χ3n) is 2.47. The Morgan fingerprint density at radius 1 is 1.43 bits per heavy atom. The van der Waals surface area contributed by atoms with Gasteiger partial charge >= 0.3 is 5.97 Å². The van der Waals surface area contributed by atoms with Gasteiger partial charge in [-0.05, 0) is 31.0 Å². The van der Waals surface area contributed by atoms with Gasteiger partial charge in [-0.3, -0.25) is 9.52 Å². The van der Waals surface area contributed by atoms with E-state index in [2.05, 4.69) is 4.72 Å². The van der Waals surface area contributed by atoms with Crippen molar-refractivity contribution < 1.29 is 23.1 Å². The second-order valence-electron chi connectivity index (χ2n) is 4.41. The summed E-state index contributed by atoms with van der Waals surface area (Å²) in [5.41, 5.74) is 0.319. The standard InChI is InChI=1S/C13H18ClNO5S/c1-2-7-20-12-6-5-10(9-11(12)14)15-21(18,19)8-3-4-13(16)17/h5-6,9,15H,2-4,7-8H2,1H3,(H,16,17). The average molecular weight is 336 g/mol. The molecular weight excluding hydrogens is 318 g/mol. The fourth-order valence-electron chi connectivity index (χ4n) is 1.54. The number of hydrogen-bond donors (Lipinski definition) is 2. The highest BCUT2D eigenvalue weighted by molar-refractivity contribution is 7.92. The number of benzene rings is 1. The monoisotopic (exact) mass is 335 g/mol. The maximum absolute atomic E-state index is 11.8. The Morgan fingerprint density at radius 2 is 2.14 bits per heavy atom. The fraction of sp³-hybridized carbons (Fsp3) is 0.462. The van der Waals surface area contributed by atoms with E-state index in [1.807, 2.05) is 6.92 Å². The minimum atomic E-state index is -3.59. The molecule has 0 radical (unpaired) electrons. The Hall–Kier alpha value is -1.47. The van der Waals surface area contributed by atoms with Crippen LogP contribution in [0.5, 0.6) is 5.75 Å². The van der Waals surface area contributed by atoms with Crippen molar-refractivity contribution in [3.05, 3.63) is 23.2 Å². The molecule has 8 heteroatoms. The maximum atomic E-state index is 11.8. The quantitative estimate of drug-likeness (QED) is 0.723.